The molecule has 0 amide bonds. The molecule has 0 aliphatic heterocycles. The summed E-state index contributed by atoms with van der Waals surface area (Å²) in [6.07, 6.45) is 0. The highest BCUT2D eigenvalue weighted by Crippen LogP contribution is 2.66. The van der Waals surface area contributed by atoms with Crippen molar-refractivity contribution in [1.82, 2.24) is 0 Å². The minimum absolute atomic E-state index is 0.229. The Morgan fingerprint density at radius 2 is 1.36 bits per heavy atom. The minimum atomic E-state index is -0.229. The highest BCUT2D eigenvalue weighted by Gasteiger charge is 2.54. The van der Waals surface area contributed by atoms with Crippen LogP contribution in [0.2, 0.25) is 0 Å². The second kappa shape index (κ2) is 5.36. The lowest BCUT2D eigenvalue weighted by atomic mass is 9.70. The van der Waals surface area contributed by atoms with Crippen LogP contribution in [0.5, 0.6) is 0 Å². The first-order valence-electron chi connectivity index (χ1n) is 9.81. The quantitative estimate of drug-likeness (QED) is 0.333. The Kier molecular flexibility index (Phi) is 3.09. The summed E-state index contributed by atoms with van der Waals surface area (Å²) >= 11 is 1.93. The van der Waals surface area contributed by atoms with E-state index >= 15 is 0 Å². The molecule has 2 aliphatic rings. The minimum Gasteiger partial charge on any atom is -0.387 e. The zero-order valence-corrected chi connectivity index (χ0v) is 17.1. The predicted molar refractivity (Wildman–Crippen MR) is 120 cm³/mol. The van der Waals surface area contributed by atoms with E-state index in [1.165, 1.54) is 59.9 Å². The fourth-order valence-corrected chi connectivity index (χ4v) is 6.93. The third kappa shape index (κ3) is 1.64. The number of fused-ring (bicyclic) bond motifs is 10. The molecule has 4 aromatic rings. The third-order valence-electron chi connectivity index (χ3n) is 6.57. The van der Waals surface area contributed by atoms with Gasteiger partial charge in [-0.3, -0.25) is 0 Å². The molecular formula is C26H21NS. The van der Waals surface area contributed by atoms with E-state index in [-0.39, 0.29) is 5.41 Å². The second-order valence-electron chi connectivity index (χ2n) is 7.83. The molecule has 1 nitrogen and oxygen atoms in total. The second-order valence-corrected chi connectivity index (χ2v) is 9.05. The number of anilines is 1. The van der Waals surface area contributed by atoms with Gasteiger partial charge < -0.3 is 5.32 Å². The van der Waals surface area contributed by atoms with E-state index in [9.17, 15) is 0 Å². The average molecular weight is 380 g/mol. The van der Waals surface area contributed by atoms with Gasteiger partial charge in [-0.2, -0.15) is 0 Å². The van der Waals surface area contributed by atoms with Crippen LogP contribution >= 0.6 is 11.3 Å². The maximum atomic E-state index is 3.55. The van der Waals surface area contributed by atoms with Crippen molar-refractivity contribution >= 4 is 17.0 Å². The van der Waals surface area contributed by atoms with Crippen LogP contribution in [0.3, 0.4) is 0 Å². The average Bonchev–Trinajstić information content (AvgIpc) is 3.30. The van der Waals surface area contributed by atoms with Crippen molar-refractivity contribution < 1.29 is 0 Å². The van der Waals surface area contributed by atoms with Crippen LogP contribution < -0.4 is 5.32 Å². The molecule has 0 saturated heterocycles. The molecule has 1 spiro atoms. The lowest BCUT2D eigenvalue weighted by molar-refractivity contribution is 0.796. The summed E-state index contributed by atoms with van der Waals surface area (Å²) in [6, 6.07) is 24.8. The topological polar surface area (TPSA) is 12.0 Å². The van der Waals surface area contributed by atoms with E-state index in [2.05, 4.69) is 92.9 Å². The summed E-state index contributed by atoms with van der Waals surface area (Å²) in [4.78, 5) is 2.80. The van der Waals surface area contributed by atoms with E-state index in [1.807, 2.05) is 11.3 Å². The van der Waals surface area contributed by atoms with Crippen LogP contribution in [-0.2, 0) is 5.41 Å². The summed E-state index contributed by atoms with van der Waals surface area (Å²) in [5, 5.41) is 3.55. The molecule has 1 N–H and O–H groups in total. The number of rotatable bonds is 1. The number of nitrogens with one attached hydrogen (secondary N) is 1. The van der Waals surface area contributed by atoms with Gasteiger partial charge in [0.15, 0.2) is 0 Å². The maximum Gasteiger partial charge on any atom is 0.0754 e. The first-order chi connectivity index (χ1) is 13.7. The lowest BCUT2D eigenvalue weighted by Crippen LogP contribution is -2.26. The molecule has 3 aromatic carbocycles. The van der Waals surface area contributed by atoms with E-state index < -0.39 is 0 Å². The first kappa shape index (κ1) is 16.1. The fourth-order valence-electron chi connectivity index (χ4n) is 5.59. The number of hydrogen-bond donors (Lipinski definition) is 1. The van der Waals surface area contributed by atoms with Crippen molar-refractivity contribution in [3.8, 4) is 21.6 Å². The van der Waals surface area contributed by atoms with Crippen LogP contribution in [0, 0.1) is 13.8 Å². The molecule has 2 aliphatic carbocycles. The summed E-state index contributed by atoms with van der Waals surface area (Å²) in [6.45, 7) is 4.50. The van der Waals surface area contributed by atoms with Crippen molar-refractivity contribution in [2.75, 3.05) is 12.4 Å². The van der Waals surface area contributed by atoms with E-state index in [4.69, 9.17) is 0 Å². The summed E-state index contributed by atoms with van der Waals surface area (Å²) in [7, 11) is 2.06. The standard InChI is InChI=1S/C26H21NS/c1-15-9-8-14-21-22(15)25-23(24(27-3)16(2)28-25)26(21)19-12-6-4-10-17(19)18-11-5-7-13-20(18)26/h4-14,27H,1-3H3. The van der Waals surface area contributed by atoms with Crippen molar-refractivity contribution in [3.63, 3.8) is 0 Å². The lowest BCUT2D eigenvalue weighted by Gasteiger charge is -2.31. The van der Waals surface area contributed by atoms with Gasteiger partial charge in [0.25, 0.3) is 0 Å². The molecule has 0 saturated carbocycles. The van der Waals surface area contributed by atoms with Gasteiger partial charge in [0.2, 0.25) is 0 Å². The molecule has 2 heteroatoms. The molecule has 0 unspecified atom stereocenters. The normalized spacial score (nSPS) is 14.5. The smallest absolute Gasteiger partial charge is 0.0754 e. The number of hydrogen-bond acceptors (Lipinski definition) is 2. The third-order valence-corrected chi connectivity index (χ3v) is 7.69. The van der Waals surface area contributed by atoms with E-state index in [0.29, 0.717) is 0 Å². The van der Waals surface area contributed by atoms with Crippen LogP contribution in [-0.4, -0.2) is 7.05 Å². The van der Waals surface area contributed by atoms with Crippen LogP contribution in [0.4, 0.5) is 5.69 Å². The summed E-state index contributed by atoms with van der Waals surface area (Å²) in [5.41, 5.74) is 12.3. The molecule has 0 fully saturated rings. The molecule has 0 radical (unpaired) electrons. The van der Waals surface area contributed by atoms with Gasteiger partial charge in [0, 0.05) is 22.4 Å². The van der Waals surface area contributed by atoms with Gasteiger partial charge in [-0.1, -0.05) is 66.7 Å². The fraction of sp³-hybridized carbons (Fsp3) is 0.154. The Bertz CT molecular complexity index is 1230. The van der Waals surface area contributed by atoms with Gasteiger partial charge in [-0.05, 0) is 52.8 Å². The molecular weight excluding hydrogens is 358 g/mol. The Balaban J connectivity index is 1.90. The Morgan fingerprint density at radius 3 is 2.00 bits per heavy atom. The van der Waals surface area contributed by atoms with Crippen LogP contribution in [0.1, 0.15) is 32.7 Å². The van der Waals surface area contributed by atoms with Gasteiger partial charge >= 0.3 is 0 Å². The number of thiophene rings is 1. The zero-order chi connectivity index (χ0) is 19.0. The molecule has 28 heavy (non-hydrogen) atoms. The van der Waals surface area contributed by atoms with Gasteiger partial charge in [0.1, 0.15) is 0 Å². The SMILES string of the molecule is CNc1c(C)sc2c1C1(c3ccccc3-c3ccccc31)c1cccc(C)c1-2. The highest BCUT2D eigenvalue weighted by molar-refractivity contribution is 7.16. The molecule has 6 rings (SSSR count). The number of aryl methyl sites for hydroxylation is 2. The molecule has 136 valence electrons. The van der Waals surface area contributed by atoms with Gasteiger partial charge in [-0.15, -0.1) is 11.3 Å². The van der Waals surface area contributed by atoms with Crippen LogP contribution in [0.25, 0.3) is 21.6 Å². The Labute approximate surface area is 169 Å². The van der Waals surface area contributed by atoms with Crippen molar-refractivity contribution in [3.05, 3.63) is 99.4 Å². The van der Waals surface area contributed by atoms with Crippen LogP contribution in [0.15, 0.2) is 66.7 Å². The summed E-state index contributed by atoms with van der Waals surface area (Å²) < 4.78 is 0. The monoisotopic (exact) mass is 379 g/mol. The summed E-state index contributed by atoms with van der Waals surface area (Å²) in [5.74, 6) is 0. The van der Waals surface area contributed by atoms with E-state index in [0.717, 1.165) is 0 Å². The molecule has 1 heterocycles. The van der Waals surface area contributed by atoms with Crippen molar-refractivity contribution in [2.45, 2.75) is 19.3 Å². The maximum absolute atomic E-state index is 3.55. The highest BCUT2D eigenvalue weighted by atomic mass is 32.1. The molecule has 1 aromatic heterocycles. The first-order valence-corrected chi connectivity index (χ1v) is 10.6. The molecule has 0 bridgehead atoms. The zero-order valence-electron chi connectivity index (χ0n) is 16.3. The number of benzene rings is 3. The Hall–Kier alpha value is -2.84. The van der Waals surface area contributed by atoms with Crippen molar-refractivity contribution in [2.24, 2.45) is 0 Å². The van der Waals surface area contributed by atoms with Crippen molar-refractivity contribution in [1.29, 1.82) is 0 Å². The Morgan fingerprint density at radius 1 is 0.750 bits per heavy atom. The predicted octanol–water partition coefficient (Wildman–Crippen LogP) is 6.75. The molecule has 0 atom stereocenters. The largest absolute Gasteiger partial charge is 0.387 e. The van der Waals surface area contributed by atoms with Gasteiger partial charge in [-0.25, -0.2) is 0 Å². The van der Waals surface area contributed by atoms with E-state index in [1.54, 1.807) is 0 Å². The van der Waals surface area contributed by atoms with Gasteiger partial charge in [0.05, 0.1) is 11.1 Å².